The molecule has 0 amide bonds. The Bertz CT molecular complexity index is 68.5. The van der Waals surface area contributed by atoms with Crippen molar-refractivity contribution in [1.29, 1.82) is 0 Å². The molecule has 0 rings (SSSR count). The molecule has 0 aliphatic carbocycles. The summed E-state index contributed by atoms with van der Waals surface area (Å²) in [5, 5.41) is 0. The van der Waals surface area contributed by atoms with E-state index >= 15 is 0 Å². The van der Waals surface area contributed by atoms with Crippen LogP contribution in [0.4, 0.5) is 0 Å². The van der Waals surface area contributed by atoms with E-state index in [0.29, 0.717) is 12.2 Å². The van der Waals surface area contributed by atoms with Gasteiger partial charge in [0, 0.05) is 18.2 Å². The first-order valence-electron chi connectivity index (χ1n) is 2.32. The predicted molar refractivity (Wildman–Crippen MR) is 31.5 cm³/mol. The van der Waals surface area contributed by atoms with Crippen molar-refractivity contribution < 1.29 is 0 Å². The van der Waals surface area contributed by atoms with Gasteiger partial charge in [0.2, 0.25) is 0 Å². The summed E-state index contributed by atoms with van der Waals surface area (Å²) < 4.78 is 0. The molecular weight excluding hydrogens is 88.1 g/mol. The molecule has 0 saturated carbocycles. The molecule has 0 fully saturated rings. The lowest BCUT2D eigenvalue weighted by Crippen LogP contribution is -2.16. The summed E-state index contributed by atoms with van der Waals surface area (Å²) in [5.41, 5.74) is 11.2. The molecule has 0 aromatic heterocycles. The van der Waals surface area contributed by atoms with Crippen LogP contribution < -0.4 is 11.5 Å². The molecule has 2 nitrogen and oxygen atoms in total. The Labute approximate surface area is 44.2 Å². The summed E-state index contributed by atoms with van der Waals surface area (Å²) in [6, 6.07) is 0. The monoisotopic (exact) mass is 100 g/mol. The van der Waals surface area contributed by atoms with Gasteiger partial charge in [-0.05, 0) is 0 Å². The van der Waals surface area contributed by atoms with Crippen molar-refractivity contribution in [3.63, 3.8) is 0 Å². The minimum atomic E-state index is 0.264. The van der Waals surface area contributed by atoms with Gasteiger partial charge in [-0.2, -0.15) is 0 Å². The van der Waals surface area contributed by atoms with E-state index in [1.165, 1.54) is 0 Å². The summed E-state index contributed by atoms with van der Waals surface area (Å²) in [6.45, 7) is 6.06. The molecular formula is C5H12N2. The molecule has 0 bridgehead atoms. The molecule has 1 atom stereocenters. The van der Waals surface area contributed by atoms with E-state index in [0.717, 1.165) is 0 Å². The van der Waals surface area contributed by atoms with E-state index in [-0.39, 0.29) is 5.92 Å². The fourth-order valence-electron chi connectivity index (χ4n) is 0.151. The highest BCUT2D eigenvalue weighted by atomic mass is 14.6. The van der Waals surface area contributed by atoms with E-state index in [4.69, 9.17) is 11.5 Å². The number of rotatable bonds is 2. The third-order valence-electron chi connectivity index (χ3n) is 0.987. The fraction of sp³-hybridized carbons (Fsp3) is 0.600. The van der Waals surface area contributed by atoms with Crippen molar-refractivity contribution in [2.75, 3.05) is 6.54 Å². The van der Waals surface area contributed by atoms with Crippen LogP contribution in [-0.4, -0.2) is 6.54 Å². The Balaban J connectivity index is 3.34. The summed E-state index contributed by atoms with van der Waals surface area (Å²) in [6.07, 6.45) is 0. The molecule has 42 valence electrons. The van der Waals surface area contributed by atoms with Gasteiger partial charge in [0.1, 0.15) is 0 Å². The van der Waals surface area contributed by atoms with Crippen LogP contribution in [0, 0.1) is 5.92 Å². The smallest absolute Gasteiger partial charge is 0.00728 e. The van der Waals surface area contributed by atoms with Crippen molar-refractivity contribution in [1.82, 2.24) is 0 Å². The minimum Gasteiger partial charge on any atom is -0.402 e. The number of nitrogens with two attached hydrogens (primary N) is 2. The average molecular weight is 100 g/mol. The molecule has 2 heteroatoms. The maximum absolute atomic E-state index is 5.27. The molecule has 7 heavy (non-hydrogen) atoms. The van der Waals surface area contributed by atoms with Crippen molar-refractivity contribution in [3.8, 4) is 0 Å². The predicted octanol–water partition coefficient (Wildman–Crippen LogP) is 0.0536. The summed E-state index contributed by atoms with van der Waals surface area (Å²) in [7, 11) is 0. The third kappa shape index (κ3) is 2.23. The standard InChI is InChI=1S/C5H12N2/c1-4(3-6)5(2)7/h4H,2-3,6-7H2,1H3. The Morgan fingerprint density at radius 1 is 1.86 bits per heavy atom. The van der Waals surface area contributed by atoms with Crippen molar-refractivity contribution in [2.45, 2.75) is 6.92 Å². The zero-order chi connectivity index (χ0) is 5.86. The van der Waals surface area contributed by atoms with Crippen molar-refractivity contribution in [3.05, 3.63) is 12.3 Å². The second-order valence-corrected chi connectivity index (χ2v) is 1.71. The zero-order valence-corrected chi connectivity index (χ0v) is 4.65. The van der Waals surface area contributed by atoms with Crippen LogP contribution in [0.5, 0.6) is 0 Å². The molecule has 0 aliphatic heterocycles. The van der Waals surface area contributed by atoms with Crippen LogP contribution in [0.1, 0.15) is 6.92 Å². The highest BCUT2D eigenvalue weighted by molar-refractivity contribution is 4.92. The van der Waals surface area contributed by atoms with Gasteiger partial charge in [-0.15, -0.1) is 0 Å². The Kier molecular flexibility index (Phi) is 2.45. The lowest BCUT2D eigenvalue weighted by atomic mass is 10.1. The van der Waals surface area contributed by atoms with Crippen LogP contribution >= 0.6 is 0 Å². The molecule has 0 aromatic carbocycles. The lowest BCUT2D eigenvalue weighted by molar-refractivity contribution is 0.688. The average Bonchev–Trinajstić information content (AvgIpc) is 1.65. The van der Waals surface area contributed by atoms with E-state index in [2.05, 4.69) is 6.58 Å². The first kappa shape index (κ1) is 6.50. The molecule has 0 aromatic rings. The van der Waals surface area contributed by atoms with Gasteiger partial charge in [0.15, 0.2) is 0 Å². The second-order valence-electron chi connectivity index (χ2n) is 1.71. The van der Waals surface area contributed by atoms with Crippen LogP contribution in [0.2, 0.25) is 0 Å². The molecule has 0 radical (unpaired) electrons. The van der Waals surface area contributed by atoms with Gasteiger partial charge in [-0.25, -0.2) is 0 Å². The third-order valence-corrected chi connectivity index (χ3v) is 0.987. The highest BCUT2D eigenvalue weighted by Crippen LogP contribution is 1.95. The number of hydrogen-bond acceptors (Lipinski definition) is 2. The van der Waals surface area contributed by atoms with Gasteiger partial charge in [-0.3, -0.25) is 0 Å². The van der Waals surface area contributed by atoms with Crippen LogP contribution in [0.3, 0.4) is 0 Å². The fourth-order valence-corrected chi connectivity index (χ4v) is 0.151. The largest absolute Gasteiger partial charge is 0.402 e. The number of hydrogen-bond donors (Lipinski definition) is 2. The molecule has 0 spiro atoms. The summed E-state index contributed by atoms with van der Waals surface area (Å²) in [5.74, 6) is 0.264. The Morgan fingerprint density at radius 3 is 2.29 bits per heavy atom. The minimum absolute atomic E-state index is 0.264. The first-order chi connectivity index (χ1) is 3.18. The van der Waals surface area contributed by atoms with Crippen LogP contribution in [-0.2, 0) is 0 Å². The first-order valence-corrected chi connectivity index (χ1v) is 2.32. The van der Waals surface area contributed by atoms with Gasteiger partial charge in [-0.1, -0.05) is 13.5 Å². The van der Waals surface area contributed by atoms with E-state index < -0.39 is 0 Å². The summed E-state index contributed by atoms with van der Waals surface area (Å²) >= 11 is 0. The second kappa shape index (κ2) is 2.64. The normalized spacial score (nSPS) is 13.4. The topological polar surface area (TPSA) is 52.0 Å². The van der Waals surface area contributed by atoms with E-state index in [1.807, 2.05) is 6.92 Å². The van der Waals surface area contributed by atoms with Gasteiger partial charge >= 0.3 is 0 Å². The van der Waals surface area contributed by atoms with E-state index in [9.17, 15) is 0 Å². The van der Waals surface area contributed by atoms with Gasteiger partial charge in [0.25, 0.3) is 0 Å². The molecule has 1 unspecified atom stereocenters. The SMILES string of the molecule is C=C(N)C(C)CN. The Hall–Kier alpha value is -0.500. The zero-order valence-electron chi connectivity index (χ0n) is 4.65. The maximum Gasteiger partial charge on any atom is 0.00728 e. The molecule has 4 N–H and O–H groups in total. The maximum atomic E-state index is 5.27. The molecule has 0 saturated heterocycles. The van der Waals surface area contributed by atoms with Crippen LogP contribution in [0.25, 0.3) is 0 Å². The van der Waals surface area contributed by atoms with Crippen LogP contribution in [0.15, 0.2) is 12.3 Å². The van der Waals surface area contributed by atoms with Gasteiger partial charge in [0.05, 0.1) is 0 Å². The van der Waals surface area contributed by atoms with Crippen molar-refractivity contribution >= 4 is 0 Å². The molecule has 0 aliphatic rings. The summed E-state index contributed by atoms with van der Waals surface area (Å²) in [4.78, 5) is 0. The van der Waals surface area contributed by atoms with Crippen molar-refractivity contribution in [2.24, 2.45) is 17.4 Å². The lowest BCUT2D eigenvalue weighted by Gasteiger charge is -2.04. The Morgan fingerprint density at radius 2 is 2.29 bits per heavy atom. The quantitative estimate of drug-likeness (QED) is 0.515. The highest BCUT2D eigenvalue weighted by Gasteiger charge is 1.95. The van der Waals surface area contributed by atoms with E-state index in [1.54, 1.807) is 0 Å². The van der Waals surface area contributed by atoms with Gasteiger partial charge < -0.3 is 11.5 Å². The molecule has 0 heterocycles.